The summed E-state index contributed by atoms with van der Waals surface area (Å²) in [4.78, 5) is 12.0. The highest BCUT2D eigenvalue weighted by Gasteiger charge is 2.40. The maximum absolute atomic E-state index is 14.4. The van der Waals surface area contributed by atoms with Gasteiger partial charge in [-0.05, 0) is 62.1 Å². The van der Waals surface area contributed by atoms with E-state index in [1.807, 2.05) is 0 Å². The Kier molecular flexibility index (Phi) is 3.82. The fraction of sp³-hybridized carbons (Fsp3) is 0.316. The van der Waals surface area contributed by atoms with Gasteiger partial charge in [0.2, 0.25) is 5.91 Å². The molecular formula is C19H18F2N2O3S. The zero-order valence-electron chi connectivity index (χ0n) is 14.8. The molecule has 0 atom stereocenters. The molecule has 142 valence electrons. The third-order valence-corrected chi connectivity index (χ3v) is 7.07. The average molecular weight is 392 g/mol. The zero-order chi connectivity index (χ0) is 19.6. The first kappa shape index (κ1) is 17.9. The lowest BCUT2D eigenvalue weighted by atomic mass is 9.86. The molecule has 0 aromatic heterocycles. The number of fused-ring (bicyclic) bond motifs is 2. The number of nitrogens with zero attached hydrogens (tertiary/aromatic N) is 1. The molecule has 0 aliphatic carbocycles. The molecule has 2 aromatic rings. The van der Waals surface area contributed by atoms with Gasteiger partial charge in [-0.15, -0.1) is 0 Å². The van der Waals surface area contributed by atoms with E-state index >= 15 is 0 Å². The number of benzene rings is 2. The number of amides is 1. The van der Waals surface area contributed by atoms with Crippen molar-refractivity contribution in [3.8, 4) is 0 Å². The van der Waals surface area contributed by atoms with Gasteiger partial charge in [0, 0.05) is 12.2 Å². The van der Waals surface area contributed by atoms with Gasteiger partial charge in [-0.25, -0.2) is 17.2 Å². The van der Waals surface area contributed by atoms with Crippen LogP contribution in [-0.2, 0) is 26.7 Å². The first-order valence-corrected chi connectivity index (χ1v) is 10.0. The minimum Gasteiger partial charge on any atom is -0.325 e. The van der Waals surface area contributed by atoms with Gasteiger partial charge in [0.25, 0.3) is 10.0 Å². The van der Waals surface area contributed by atoms with Crippen LogP contribution >= 0.6 is 0 Å². The van der Waals surface area contributed by atoms with Gasteiger partial charge in [-0.2, -0.15) is 0 Å². The normalized spacial score (nSPS) is 18.1. The topological polar surface area (TPSA) is 66.5 Å². The van der Waals surface area contributed by atoms with E-state index in [-0.39, 0.29) is 23.0 Å². The number of anilines is 2. The van der Waals surface area contributed by atoms with Crippen molar-refractivity contribution in [2.75, 3.05) is 16.2 Å². The molecule has 0 bridgehead atoms. The zero-order valence-corrected chi connectivity index (χ0v) is 15.7. The van der Waals surface area contributed by atoms with Crippen LogP contribution in [0.1, 0.15) is 31.4 Å². The predicted octanol–water partition coefficient (Wildman–Crippen LogP) is 3.34. The van der Waals surface area contributed by atoms with Gasteiger partial charge in [0.1, 0.15) is 0 Å². The van der Waals surface area contributed by atoms with Crippen LogP contribution in [0.5, 0.6) is 0 Å². The van der Waals surface area contributed by atoms with Crippen LogP contribution in [0.25, 0.3) is 0 Å². The highest BCUT2D eigenvalue weighted by Crippen LogP contribution is 2.40. The number of hydrogen-bond acceptors (Lipinski definition) is 3. The van der Waals surface area contributed by atoms with Crippen molar-refractivity contribution >= 4 is 27.3 Å². The quantitative estimate of drug-likeness (QED) is 0.853. The molecular weight excluding hydrogens is 374 g/mol. The molecule has 0 fully saturated rings. The van der Waals surface area contributed by atoms with Crippen molar-refractivity contribution < 1.29 is 22.0 Å². The number of carbonyl (C=O) groups excluding carboxylic acids is 1. The Hall–Kier alpha value is -2.48. The number of nitrogens with one attached hydrogen (secondary N) is 1. The van der Waals surface area contributed by atoms with Crippen LogP contribution in [-0.4, -0.2) is 20.9 Å². The van der Waals surface area contributed by atoms with E-state index in [1.54, 1.807) is 13.8 Å². The molecule has 0 spiro atoms. The Bertz CT molecular complexity index is 1080. The molecule has 0 saturated heterocycles. The minimum absolute atomic E-state index is 0.0534. The molecule has 8 heteroatoms. The van der Waals surface area contributed by atoms with Gasteiger partial charge in [0.15, 0.2) is 11.6 Å². The second kappa shape index (κ2) is 5.76. The Morgan fingerprint density at radius 1 is 1.15 bits per heavy atom. The summed E-state index contributed by atoms with van der Waals surface area (Å²) in [6.07, 6.45) is 0.988. The Balaban J connectivity index is 1.85. The first-order valence-electron chi connectivity index (χ1n) is 8.59. The monoisotopic (exact) mass is 392 g/mol. The summed E-state index contributed by atoms with van der Waals surface area (Å²) in [6.45, 7) is 3.47. The molecule has 2 aliphatic rings. The smallest absolute Gasteiger partial charge is 0.264 e. The van der Waals surface area contributed by atoms with E-state index in [4.69, 9.17) is 0 Å². The fourth-order valence-electron chi connectivity index (χ4n) is 3.65. The molecule has 4 rings (SSSR count). The molecule has 0 radical (unpaired) electrons. The predicted molar refractivity (Wildman–Crippen MR) is 97.3 cm³/mol. The molecule has 1 N–H and O–H groups in total. The Morgan fingerprint density at radius 2 is 1.89 bits per heavy atom. The molecule has 0 saturated carbocycles. The van der Waals surface area contributed by atoms with E-state index in [9.17, 15) is 22.0 Å². The molecule has 2 heterocycles. The summed E-state index contributed by atoms with van der Waals surface area (Å²) in [6, 6.07) is 6.78. The van der Waals surface area contributed by atoms with E-state index in [0.29, 0.717) is 29.7 Å². The summed E-state index contributed by atoms with van der Waals surface area (Å²) in [5.74, 6) is -2.46. The van der Waals surface area contributed by atoms with Crippen LogP contribution in [0.15, 0.2) is 35.2 Å². The SMILES string of the molecule is CC1(C)C(=O)Nc2ccc(S(=O)(=O)N3CCCc4ccc(F)c(F)c43)cc21. The second-order valence-corrected chi connectivity index (χ2v) is 9.20. The molecule has 5 nitrogen and oxygen atoms in total. The summed E-state index contributed by atoms with van der Waals surface area (Å²) in [5.41, 5.74) is 0.473. The third-order valence-electron chi connectivity index (χ3n) is 5.28. The van der Waals surface area contributed by atoms with Crippen LogP contribution in [0.4, 0.5) is 20.2 Å². The van der Waals surface area contributed by atoms with E-state index in [1.165, 1.54) is 24.3 Å². The average Bonchev–Trinajstić information content (AvgIpc) is 2.86. The van der Waals surface area contributed by atoms with Crippen molar-refractivity contribution in [2.24, 2.45) is 0 Å². The maximum Gasteiger partial charge on any atom is 0.264 e. The lowest BCUT2D eigenvalue weighted by molar-refractivity contribution is -0.119. The largest absolute Gasteiger partial charge is 0.325 e. The molecule has 2 aliphatic heterocycles. The summed E-state index contributed by atoms with van der Waals surface area (Å²) < 4.78 is 55.6. The highest BCUT2D eigenvalue weighted by atomic mass is 32.2. The van der Waals surface area contributed by atoms with Gasteiger partial charge in [-0.1, -0.05) is 6.07 Å². The van der Waals surface area contributed by atoms with Gasteiger partial charge >= 0.3 is 0 Å². The Labute approximate surface area is 156 Å². The standard InChI is InChI=1S/C19H18F2N2O3S/c1-19(2)13-10-12(6-8-15(13)22-18(19)24)27(25,26)23-9-3-4-11-5-7-14(20)16(21)17(11)23/h5-8,10H,3-4,9H2,1-2H3,(H,22,24). The number of rotatable bonds is 2. The Morgan fingerprint density at radius 3 is 2.63 bits per heavy atom. The van der Waals surface area contributed by atoms with Crippen LogP contribution in [0.2, 0.25) is 0 Å². The molecule has 2 aromatic carbocycles. The van der Waals surface area contributed by atoms with Gasteiger partial charge < -0.3 is 5.32 Å². The van der Waals surface area contributed by atoms with Crippen molar-refractivity contribution in [3.63, 3.8) is 0 Å². The number of aryl methyl sites for hydroxylation is 1. The summed E-state index contributed by atoms with van der Waals surface area (Å²) in [7, 11) is -4.12. The summed E-state index contributed by atoms with van der Waals surface area (Å²) >= 11 is 0. The van der Waals surface area contributed by atoms with Crippen LogP contribution in [0.3, 0.4) is 0 Å². The second-order valence-electron chi connectivity index (χ2n) is 7.34. The maximum atomic E-state index is 14.4. The lowest BCUT2D eigenvalue weighted by Gasteiger charge is -2.31. The van der Waals surface area contributed by atoms with Crippen molar-refractivity contribution in [2.45, 2.75) is 37.0 Å². The number of hydrogen-bond donors (Lipinski definition) is 1. The van der Waals surface area contributed by atoms with Gasteiger partial charge in [0.05, 0.1) is 16.0 Å². The third kappa shape index (κ3) is 2.54. The van der Waals surface area contributed by atoms with Crippen LogP contribution < -0.4 is 9.62 Å². The van der Waals surface area contributed by atoms with Crippen molar-refractivity contribution in [3.05, 3.63) is 53.1 Å². The van der Waals surface area contributed by atoms with Crippen LogP contribution in [0, 0.1) is 11.6 Å². The molecule has 27 heavy (non-hydrogen) atoms. The molecule has 1 amide bonds. The minimum atomic E-state index is -4.12. The number of halogens is 2. The lowest BCUT2D eigenvalue weighted by Crippen LogP contribution is -2.36. The van der Waals surface area contributed by atoms with E-state index < -0.39 is 27.1 Å². The van der Waals surface area contributed by atoms with Crippen molar-refractivity contribution in [1.82, 2.24) is 0 Å². The number of carbonyl (C=O) groups is 1. The van der Waals surface area contributed by atoms with Gasteiger partial charge in [-0.3, -0.25) is 9.10 Å². The number of sulfonamides is 1. The fourth-order valence-corrected chi connectivity index (χ4v) is 5.22. The highest BCUT2D eigenvalue weighted by molar-refractivity contribution is 7.92. The summed E-state index contributed by atoms with van der Waals surface area (Å²) in [5, 5.41) is 2.72. The molecule has 0 unspecified atom stereocenters. The van der Waals surface area contributed by atoms with Crippen molar-refractivity contribution in [1.29, 1.82) is 0 Å². The van der Waals surface area contributed by atoms with E-state index in [0.717, 1.165) is 10.4 Å². The van der Waals surface area contributed by atoms with E-state index in [2.05, 4.69) is 5.32 Å². The first-order chi connectivity index (χ1) is 12.6.